The van der Waals surface area contributed by atoms with Crippen molar-refractivity contribution in [1.29, 1.82) is 0 Å². The summed E-state index contributed by atoms with van der Waals surface area (Å²) in [7, 11) is 0. The topological polar surface area (TPSA) is 94.1 Å². The van der Waals surface area contributed by atoms with Crippen LogP contribution in [0.1, 0.15) is 12.8 Å². The molecule has 1 N–H and O–H groups in total. The molecule has 0 spiro atoms. The van der Waals surface area contributed by atoms with E-state index in [2.05, 4.69) is 15.5 Å². The molecule has 0 aliphatic rings. The quantitative estimate of drug-likeness (QED) is 0.667. The molecule has 0 aliphatic carbocycles. The third-order valence-corrected chi connectivity index (χ3v) is 2.49. The van der Waals surface area contributed by atoms with E-state index in [-0.39, 0.29) is 18.3 Å². The molecule has 1 aromatic heterocycles. The van der Waals surface area contributed by atoms with Crippen molar-refractivity contribution in [2.75, 3.05) is 6.54 Å². The molecule has 106 valence electrons. The summed E-state index contributed by atoms with van der Waals surface area (Å²) < 4.78 is 32.4. The molecular formula is C11H10F2N4O3. The van der Waals surface area contributed by atoms with Gasteiger partial charge in [0, 0.05) is 6.07 Å². The van der Waals surface area contributed by atoms with E-state index in [9.17, 15) is 18.9 Å². The predicted molar refractivity (Wildman–Crippen MR) is 63.7 cm³/mol. The van der Waals surface area contributed by atoms with Gasteiger partial charge >= 0.3 is 5.69 Å². The van der Waals surface area contributed by atoms with Gasteiger partial charge in [-0.25, -0.2) is 4.39 Å². The van der Waals surface area contributed by atoms with Crippen molar-refractivity contribution in [2.24, 2.45) is 0 Å². The smallest absolute Gasteiger partial charge is 0.305 e. The maximum atomic E-state index is 13.9. The Morgan fingerprint density at radius 2 is 2.20 bits per heavy atom. The summed E-state index contributed by atoms with van der Waals surface area (Å²) >= 11 is 0. The summed E-state index contributed by atoms with van der Waals surface area (Å²) in [6, 6.07) is 1.53. The first-order valence-electron chi connectivity index (χ1n) is 5.70. The molecule has 9 heteroatoms. The van der Waals surface area contributed by atoms with E-state index < -0.39 is 27.8 Å². The summed E-state index contributed by atoms with van der Waals surface area (Å²) in [5, 5.41) is 17.0. The lowest BCUT2D eigenvalue weighted by Gasteiger charge is -2.00. The largest absolute Gasteiger partial charge is 0.338 e. The Kier molecular flexibility index (Phi) is 3.99. The third-order valence-electron chi connectivity index (χ3n) is 2.49. The van der Waals surface area contributed by atoms with Gasteiger partial charge in [0.15, 0.2) is 0 Å². The van der Waals surface area contributed by atoms with Crippen molar-refractivity contribution in [3.05, 3.63) is 39.8 Å². The molecule has 0 atom stereocenters. The maximum Gasteiger partial charge on any atom is 0.305 e. The number of rotatable bonds is 5. The van der Waals surface area contributed by atoms with Gasteiger partial charge in [-0.05, 0) is 12.6 Å². The van der Waals surface area contributed by atoms with Gasteiger partial charge < -0.3 is 9.84 Å². The minimum Gasteiger partial charge on any atom is -0.338 e. The number of hydrogen-bond donors (Lipinski definition) is 1. The second-order valence-corrected chi connectivity index (χ2v) is 3.80. The van der Waals surface area contributed by atoms with Gasteiger partial charge in [-0.2, -0.15) is 9.37 Å². The number of nitro groups is 1. The molecule has 1 aromatic carbocycles. The standard InChI is InChI=1S/C11H10F2N4O3/c1-2-14-5-8-15-11(16-20-8)9-6(12)3-4-7(10(9)13)17(18)19/h3-4,14H,2,5H2,1H3. The monoisotopic (exact) mass is 284 g/mol. The van der Waals surface area contributed by atoms with E-state index in [0.29, 0.717) is 6.54 Å². The third kappa shape index (κ3) is 2.62. The Bertz CT molecular complexity index is 645. The van der Waals surface area contributed by atoms with Gasteiger partial charge in [0.05, 0.1) is 11.5 Å². The molecule has 2 aromatic rings. The van der Waals surface area contributed by atoms with Crippen molar-refractivity contribution in [3.63, 3.8) is 0 Å². The summed E-state index contributed by atoms with van der Waals surface area (Å²) in [4.78, 5) is 13.5. The van der Waals surface area contributed by atoms with Crippen LogP contribution in [-0.2, 0) is 6.54 Å². The Labute approximate surface area is 111 Å². The van der Waals surface area contributed by atoms with Crippen molar-refractivity contribution in [1.82, 2.24) is 15.5 Å². The lowest BCUT2D eigenvalue weighted by molar-refractivity contribution is -0.387. The fourth-order valence-corrected chi connectivity index (χ4v) is 1.55. The van der Waals surface area contributed by atoms with Crippen molar-refractivity contribution in [3.8, 4) is 11.4 Å². The zero-order valence-corrected chi connectivity index (χ0v) is 10.4. The highest BCUT2D eigenvalue weighted by Crippen LogP contribution is 2.29. The number of benzene rings is 1. The Hall–Kier alpha value is -2.42. The average Bonchev–Trinajstić information content (AvgIpc) is 2.84. The van der Waals surface area contributed by atoms with Crippen LogP contribution in [0.2, 0.25) is 0 Å². The number of hydrogen-bond acceptors (Lipinski definition) is 6. The van der Waals surface area contributed by atoms with Crippen LogP contribution in [0.5, 0.6) is 0 Å². The Morgan fingerprint density at radius 1 is 1.45 bits per heavy atom. The number of nitrogens with one attached hydrogen (secondary N) is 1. The normalized spacial score (nSPS) is 10.8. The van der Waals surface area contributed by atoms with Gasteiger partial charge in [-0.1, -0.05) is 12.1 Å². The molecule has 20 heavy (non-hydrogen) atoms. The molecule has 0 unspecified atom stereocenters. The second-order valence-electron chi connectivity index (χ2n) is 3.80. The van der Waals surface area contributed by atoms with E-state index in [1.807, 2.05) is 6.92 Å². The first-order valence-corrected chi connectivity index (χ1v) is 5.70. The number of nitrogens with zero attached hydrogens (tertiary/aromatic N) is 3. The molecule has 1 heterocycles. The highest BCUT2D eigenvalue weighted by atomic mass is 19.1. The predicted octanol–water partition coefficient (Wildman–Crippen LogP) is 2.03. The molecule has 7 nitrogen and oxygen atoms in total. The highest BCUT2D eigenvalue weighted by molar-refractivity contribution is 5.61. The zero-order valence-electron chi connectivity index (χ0n) is 10.4. The molecule has 2 rings (SSSR count). The van der Waals surface area contributed by atoms with Crippen LogP contribution in [0.3, 0.4) is 0 Å². The SMILES string of the molecule is CCNCc1nc(-c2c(F)ccc([N+](=O)[O-])c2F)no1. The van der Waals surface area contributed by atoms with Gasteiger partial charge in [-0.15, -0.1) is 0 Å². The fourth-order valence-electron chi connectivity index (χ4n) is 1.55. The molecule has 0 radical (unpaired) electrons. The first kappa shape index (κ1) is 14.0. The second kappa shape index (κ2) is 5.70. The van der Waals surface area contributed by atoms with E-state index in [4.69, 9.17) is 4.52 Å². The summed E-state index contributed by atoms with van der Waals surface area (Å²) in [5.74, 6) is -2.56. The van der Waals surface area contributed by atoms with E-state index in [0.717, 1.165) is 12.1 Å². The van der Waals surface area contributed by atoms with Crippen LogP contribution >= 0.6 is 0 Å². The lowest BCUT2D eigenvalue weighted by atomic mass is 10.1. The number of aromatic nitrogens is 2. The van der Waals surface area contributed by atoms with Crippen molar-refractivity contribution >= 4 is 5.69 Å². The molecule has 0 aliphatic heterocycles. The fraction of sp³-hybridized carbons (Fsp3) is 0.273. The summed E-state index contributed by atoms with van der Waals surface area (Å²) in [5.41, 5.74) is -1.52. The Balaban J connectivity index is 2.44. The van der Waals surface area contributed by atoms with E-state index in [1.165, 1.54) is 0 Å². The van der Waals surface area contributed by atoms with Crippen molar-refractivity contribution in [2.45, 2.75) is 13.5 Å². The molecule has 0 saturated carbocycles. The Morgan fingerprint density at radius 3 is 2.85 bits per heavy atom. The molecule has 0 saturated heterocycles. The maximum absolute atomic E-state index is 13.9. The molecule has 0 bridgehead atoms. The van der Waals surface area contributed by atoms with E-state index in [1.54, 1.807) is 0 Å². The van der Waals surface area contributed by atoms with Gasteiger partial charge in [0.25, 0.3) is 0 Å². The number of halogens is 2. The van der Waals surface area contributed by atoms with Crippen LogP contribution in [0.4, 0.5) is 14.5 Å². The molecular weight excluding hydrogens is 274 g/mol. The summed E-state index contributed by atoms with van der Waals surface area (Å²) in [6.45, 7) is 2.75. The minimum absolute atomic E-state index is 0.132. The minimum atomic E-state index is -1.33. The van der Waals surface area contributed by atoms with Crippen LogP contribution in [0.15, 0.2) is 16.7 Å². The van der Waals surface area contributed by atoms with Gasteiger partial charge in [0.2, 0.25) is 17.5 Å². The molecule has 0 fully saturated rings. The summed E-state index contributed by atoms with van der Waals surface area (Å²) in [6.07, 6.45) is 0. The highest BCUT2D eigenvalue weighted by Gasteiger charge is 2.25. The van der Waals surface area contributed by atoms with Gasteiger partial charge in [-0.3, -0.25) is 10.1 Å². The first-order chi connectivity index (χ1) is 9.54. The average molecular weight is 284 g/mol. The van der Waals surface area contributed by atoms with Crippen LogP contribution in [0, 0.1) is 21.7 Å². The molecule has 0 amide bonds. The van der Waals surface area contributed by atoms with E-state index >= 15 is 0 Å². The number of nitro benzene ring substituents is 1. The van der Waals surface area contributed by atoms with Gasteiger partial charge in [0.1, 0.15) is 11.4 Å². The lowest BCUT2D eigenvalue weighted by Crippen LogP contribution is -2.11. The van der Waals surface area contributed by atoms with Crippen LogP contribution in [0.25, 0.3) is 11.4 Å². The van der Waals surface area contributed by atoms with Crippen LogP contribution < -0.4 is 5.32 Å². The van der Waals surface area contributed by atoms with Crippen molar-refractivity contribution < 1.29 is 18.2 Å². The zero-order chi connectivity index (χ0) is 14.7. The van der Waals surface area contributed by atoms with Crippen LogP contribution in [-0.4, -0.2) is 21.6 Å².